The number of rotatable bonds is 5. The minimum absolute atomic E-state index is 0.290. The fourth-order valence-electron chi connectivity index (χ4n) is 2.61. The smallest absolute Gasteiger partial charge is 0.211 e. The van der Waals surface area contributed by atoms with Crippen LogP contribution < -0.4 is 10.0 Å². The Morgan fingerprint density at radius 3 is 2.39 bits per heavy atom. The van der Waals surface area contributed by atoms with Gasteiger partial charge in [-0.25, -0.2) is 13.1 Å². The molecular formula is C12H24N2O3S. The Bertz CT molecular complexity index is 333. The molecule has 2 heterocycles. The maximum absolute atomic E-state index is 12.0. The predicted octanol–water partition coefficient (Wildman–Crippen LogP) is 0.332. The van der Waals surface area contributed by atoms with Gasteiger partial charge in [0.15, 0.2) is 0 Å². The molecule has 0 radical (unpaired) electrons. The van der Waals surface area contributed by atoms with E-state index in [1.165, 1.54) is 0 Å². The zero-order valence-corrected chi connectivity index (χ0v) is 11.7. The van der Waals surface area contributed by atoms with Gasteiger partial charge in [0, 0.05) is 19.8 Å². The average molecular weight is 276 g/mol. The summed E-state index contributed by atoms with van der Waals surface area (Å²) in [5.41, 5.74) is 0. The van der Waals surface area contributed by atoms with Crippen molar-refractivity contribution >= 4 is 10.0 Å². The average Bonchev–Trinajstić information content (AvgIpc) is 2.38. The van der Waals surface area contributed by atoms with Crippen molar-refractivity contribution < 1.29 is 13.2 Å². The van der Waals surface area contributed by atoms with E-state index in [1.807, 2.05) is 0 Å². The van der Waals surface area contributed by atoms with Crippen LogP contribution in [0.2, 0.25) is 0 Å². The lowest BCUT2D eigenvalue weighted by atomic mass is 10.0. The van der Waals surface area contributed by atoms with Crippen molar-refractivity contribution in [1.82, 2.24) is 10.0 Å². The monoisotopic (exact) mass is 276 g/mol. The van der Waals surface area contributed by atoms with Crippen molar-refractivity contribution in [2.45, 2.75) is 25.7 Å². The summed E-state index contributed by atoms with van der Waals surface area (Å²) in [6.07, 6.45) is 3.88. The molecule has 0 aromatic carbocycles. The molecule has 106 valence electrons. The summed E-state index contributed by atoms with van der Waals surface area (Å²) < 4.78 is 32.0. The molecule has 0 spiro atoms. The van der Waals surface area contributed by atoms with Crippen molar-refractivity contribution in [3.05, 3.63) is 0 Å². The Morgan fingerprint density at radius 2 is 1.72 bits per heavy atom. The van der Waals surface area contributed by atoms with Crippen molar-refractivity contribution in [1.29, 1.82) is 0 Å². The van der Waals surface area contributed by atoms with Gasteiger partial charge in [0.25, 0.3) is 0 Å². The van der Waals surface area contributed by atoms with Crippen LogP contribution in [0.3, 0.4) is 0 Å². The third kappa shape index (κ3) is 4.84. The van der Waals surface area contributed by atoms with Gasteiger partial charge in [0.05, 0.1) is 5.75 Å². The minimum Gasteiger partial charge on any atom is -0.381 e. The molecule has 0 amide bonds. The SMILES string of the molecule is O=S(=O)(CC1CCNCC1)NCC1CCOCC1. The number of hydrogen-bond donors (Lipinski definition) is 2. The third-order valence-electron chi connectivity index (χ3n) is 3.85. The van der Waals surface area contributed by atoms with Gasteiger partial charge in [-0.1, -0.05) is 0 Å². The highest BCUT2D eigenvalue weighted by Crippen LogP contribution is 2.16. The maximum atomic E-state index is 12.0. The second-order valence-corrected chi connectivity index (χ2v) is 7.23. The number of ether oxygens (including phenoxy) is 1. The summed E-state index contributed by atoms with van der Waals surface area (Å²) in [7, 11) is -3.10. The van der Waals surface area contributed by atoms with Crippen LogP contribution in [0.5, 0.6) is 0 Å². The van der Waals surface area contributed by atoms with Crippen molar-refractivity contribution in [3.63, 3.8) is 0 Å². The Labute approximate surface area is 110 Å². The molecule has 2 fully saturated rings. The molecule has 0 bridgehead atoms. The maximum Gasteiger partial charge on any atom is 0.211 e. The molecule has 2 rings (SSSR count). The molecule has 0 unspecified atom stereocenters. The first kappa shape index (κ1) is 14.2. The predicted molar refractivity (Wildman–Crippen MR) is 70.9 cm³/mol. The van der Waals surface area contributed by atoms with Gasteiger partial charge < -0.3 is 10.1 Å². The first-order valence-electron chi connectivity index (χ1n) is 6.91. The van der Waals surface area contributed by atoms with Gasteiger partial charge in [-0.15, -0.1) is 0 Å². The van der Waals surface area contributed by atoms with E-state index in [9.17, 15) is 8.42 Å². The molecule has 0 atom stereocenters. The second kappa shape index (κ2) is 6.84. The summed E-state index contributed by atoms with van der Waals surface area (Å²) in [5, 5.41) is 3.26. The van der Waals surface area contributed by atoms with E-state index in [0.29, 0.717) is 18.4 Å². The number of hydrogen-bond acceptors (Lipinski definition) is 4. The molecule has 0 saturated carbocycles. The zero-order chi connectivity index (χ0) is 12.8. The Balaban J connectivity index is 1.72. The summed E-state index contributed by atoms with van der Waals surface area (Å²) in [6, 6.07) is 0. The molecule has 0 aromatic rings. The van der Waals surface area contributed by atoms with Gasteiger partial charge >= 0.3 is 0 Å². The van der Waals surface area contributed by atoms with Crippen molar-refractivity contribution in [2.75, 3.05) is 38.6 Å². The van der Waals surface area contributed by atoms with Crippen LogP contribution >= 0.6 is 0 Å². The van der Waals surface area contributed by atoms with Crippen LogP contribution in [0.4, 0.5) is 0 Å². The molecule has 6 heteroatoms. The Kier molecular flexibility index (Phi) is 5.41. The lowest BCUT2D eigenvalue weighted by Gasteiger charge is -2.24. The lowest BCUT2D eigenvalue weighted by Crippen LogP contribution is -2.38. The normalized spacial score (nSPS) is 24.2. The fraction of sp³-hybridized carbons (Fsp3) is 1.00. The standard InChI is InChI=1S/C12H24N2O3S/c15-18(16,10-12-1-5-13-6-2-12)14-9-11-3-7-17-8-4-11/h11-14H,1-10H2. The quantitative estimate of drug-likeness (QED) is 0.759. The summed E-state index contributed by atoms with van der Waals surface area (Å²) in [6.45, 7) is 4.00. The minimum atomic E-state index is -3.10. The molecular weight excluding hydrogens is 252 g/mol. The second-order valence-electron chi connectivity index (χ2n) is 5.38. The Hall–Kier alpha value is -0.170. The van der Waals surface area contributed by atoms with Crippen molar-refractivity contribution in [2.24, 2.45) is 11.8 Å². The largest absolute Gasteiger partial charge is 0.381 e. The zero-order valence-electron chi connectivity index (χ0n) is 10.9. The van der Waals surface area contributed by atoms with Gasteiger partial charge in [-0.05, 0) is 50.6 Å². The first-order valence-corrected chi connectivity index (χ1v) is 8.57. The summed E-state index contributed by atoms with van der Waals surface area (Å²) in [4.78, 5) is 0. The highest BCUT2D eigenvalue weighted by molar-refractivity contribution is 7.89. The lowest BCUT2D eigenvalue weighted by molar-refractivity contribution is 0.0678. The van der Waals surface area contributed by atoms with Crippen LogP contribution in [-0.4, -0.2) is 47.0 Å². The van der Waals surface area contributed by atoms with Crippen LogP contribution in [-0.2, 0) is 14.8 Å². The summed E-state index contributed by atoms with van der Waals surface area (Å²) >= 11 is 0. The van der Waals surface area contributed by atoms with E-state index in [-0.39, 0.29) is 5.75 Å². The Morgan fingerprint density at radius 1 is 1.06 bits per heavy atom. The third-order valence-corrected chi connectivity index (χ3v) is 5.36. The topological polar surface area (TPSA) is 67.4 Å². The molecule has 5 nitrogen and oxygen atoms in total. The van der Waals surface area contributed by atoms with Crippen LogP contribution in [0.15, 0.2) is 0 Å². The van der Waals surface area contributed by atoms with E-state index >= 15 is 0 Å². The van der Waals surface area contributed by atoms with Gasteiger partial charge in [-0.2, -0.15) is 0 Å². The highest BCUT2D eigenvalue weighted by Gasteiger charge is 2.22. The molecule has 2 aliphatic heterocycles. The van der Waals surface area contributed by atoms with Crippen LogP contribution in [0.1, 0.15) is 25.7 Å². The molecule has 2 saturated heterocycles. The van der Waals surface area contributed by atoms with Crippen LogP contribution in [0, 0.1) is 11.8 Å². The number of sulfonamides is 1. The number of piperidine rings is 1. The fourth-order valence-corrected chi connectivity index (χ4v) is 4.17. The van der Waals surface area contributed by atoms with Crippen LogP contribution in [0.25, 0.3) is 0 Å². The molecule has 18 heavy (non-hydrogen) atoms. The van der Waals surface area contributed by atoms with Gasteiger partial charge in [0.1, 0.15) is 0 Å². The van der Waals surface area contributed by atoms with Gasteiger partial charge in [-0.3, -0.25) is 0 Å². The van der Waals surface area contributed by atoms with E-state index in [2.05, 4.69) is 10.0 Å². The van der Waals surface area contributed by atoms with Crippen molar-refractivity contribution in [3.8, 4) is 0 Å². The molecule has 0 aliphatic carbocycles. The highest BCUT2D eigenvalue weighted by atomic mass is 32.2. The molecule has 2 aliphatic rings. The van der Waals surface area contributed by atoms with Gasteiger partial charge in [0.2, 0.25) is 10.0 Å². The first-order chi connectivity index (χ1) is 8.66. The molecule has 2 N–H and O–H groups in total. The van der Waals surface area contributed by atoms with E-state index in [1.54, 1.807) is 0 Å². The molecule has 0 aromatic heterocycles. The van der Waals surface area contributed by atoms with E-state index in [4.69, 9.17) is 4.74 Å². The number of nitrogens with one attached hydrogen (secondary N) is 2. The van der Waals surface area contributed by atoms with E-state index < -0.39 is 10.0 Å². The van der Waals surface area contributed by atoms with E-state index in [0.717, 1.165) is 52.0 Å². The summed E-state index contributed by atoms with van der Waals surface area (Å²) in [5.74, 6) is 1.05.